The minimum atomic E-state index is -0.349. The Balaban J connectivity index is 1.44. The third-order valence-electron chi connectivity index (χ3n) is 5.45. The van der Waals surface area contributed by atoms with E-state index in [0.29, 0.717) is 19.2 Å². The molecule has 1 aliphatic rings. The highest BCUT2D eigenvalue weighted by atomic mass is 16.5. The number of nitrogens with one attached hydrogen (secondary N) is 1. The Morgan fingerprint density at radius 1 is 1.25 bits per heavy atom. The first-order valence-corrected chi connectivity index (χ1v) is 10.8. The van der Waals surface area contributed by atoms with Gasteiger partial charge in [-0.2, -0.15) is 0 Å². The van der Waals surface area contributed by atoms with E-state index in [9.17, 15) is 9.59 Å². The molecule has 0 radical (unpaired) electrons. The van der Waals surface area contributed by atoms with Crippen molar-refractivity contribution in [1.29, 1.82) is 0 Å². The third kappa shape index (κ3) is 7.03. The second-order valence-electron chi connectivity index (χ2n) is 8.09. The topological polar surface area (TPSA) is 102 Å². The zero-order chi connectivity index (χ0) is 22.9. The summed E-state index contributed by atoms with van der Waals surface area (Å²) in [6.45, 7) is 3.47. The lowest BCUT2D eigenvalue weighted by Crippen LogP contribution is -2.38. The summed E-state index contributed by atoms with van der Waals surface area (Å²) in [5.74, 6) is 0.292. The Bertz CT molecular complexity index is 894. The molecule has 1 aliphatic heterocycles. The van der Waals surface area contributed by atoms with Gasteiger partial charge in [0.05, 0.1) is 6.20 Å². The van der Waals surface area contributed by atoms with Crippen LogP contribution in [0.3, 0.4) is 0 Å². The smallest absolute Gasteiger partial charge is 0.273 e. The predicted molar refractivity (Wildman–Crippen MR) is 118 cm³/mol. The summed E-state index contributed by atoms with van der Waals surface area (Å²) in [5.41, 5.74) is 1.09. The molecule has 0 unspecified atom stereocenters. The van der Waals surface area contributed by atoms with E-state index in [4.69, 9.17) is 9.47 Å². The van der Waals surface area contributed by atoms with Crippen molar-refractivity contribution in [3.63, 3.8) is 0 Å². The lowest BCUT2D eigenvalue weighted by atomic mass is 10.1. The van der Waals surface area contributed by atoms with E-state index in [1.54, 1.807) is 14.1 Å². The number of likely N-dealkylation sites (N-methyl/N-ethyl adjacent to an activating group) is 2. The average molecular weight is 445 g/mol. The number of nitrogens with zero attached hydrogens (tertiary/aromatic N) is 5. The monoisotopic (exact) mass is 444 g/mol. The molecule has 0 bridgehead atoms. The molecule has 0 aliphatic carbocycles. The van der Waals surface area contributed by atoms with E-state index in [0.717, 1.165) is 43.9 Å². The quantitative estimate of drug-likeness (QED) is 0.578. The molecular formula is C22H32N6O4. The number of benzene rings is 1. The molecule has 2 aromatic rings. The van der Waals surface area contributed by atoms with Crippen LogP contribution in [0.15, 0.2) is 30.5 Å². The van der Waals surface area contributed by atoms with Gasteiger partial charge in [-0.15, -0.1) is 5.10 Å². The number of hydrogen-bond acceptors (Lipinski definition) is 7. The number of carbonyl (C=O) groups is 2. The summed E-state index contributed by atoms with van der Waals surface area (Å²) in [4.78, 5) is 27.9. The first kappa shape index (κ1) is 23.7. The Morgan fingerprint density at radius 2 is 2.03 bits per heavy atom. The highest BCUT2D eigenvalue weighted by Gasteiger charge is 2.18. The van der Waals surface area contributed by atoms with Gasteiger partial charge >= 0.3 is 0 Å². The molecule has 2 heterocycles. The number of hydrogen-bond donors (Lipinski definition) is 1. The van der Waals surface area contributed by atoms with Gasteiger partial charge in [0, 0.05) is 46.4 Å². The van der Waals surface area contributed by atoms with Crippen LogP contribution in [0.2, 0.25) is 0 Å². The van der Waals surface area contributed by atoms with Crippen molar-refractivity contribution in [1.82, 2.24) is 30.1 Å². The molecule has 1 saturated heterocycles. The zero-order valence-electron chi connectivity index (χ0n) is 19.0. The van der Waals surface area contributed by atoms with E-state index in [1.807, 2.05) is 24.3 Å². The van der Waals surface area contributed by atoms with E-state index in [1.165, 1.54) is 15.8 Å². The SMILES string of the molecule is CN(C)C(=O)Cn1cc(C(=O)NCc2cccc(OCCN(C)C3CCOCC3)c2)nn1. The normalized spacial score (nSPS) is 14.4. The number of aromatic nitrogens is 3. The molecular weight excluding hydrogens is 412 g/mol. The van der Waals surface area contributed by atoms with Gasteiger partial charge in [-0.3, -0.25) is 14.5 Å². The van der Waals surface area contributed by atoms with Crippen LogP contribution in [0.5, 0.6) is 5.75 Å². The Hall–Kier alpha value is -2.98. The zero-order valence-corrected chi connectivity index (χ0v) is 19.0. The van der Waals surface area contributed by atoms with Gasteiger partial charge in [0.2, 0.25) is 5.91 Å². The summed E-state index contributed by atoms with van der Waals surface area (Å²) in [7, 11) is 5.45. The highest BCUT2D eigenvalue weighted by molar-refractivity contribution is 5.91. The molecule has 3 rings (SSSR count). The lowest BCUT2D eigenvalue weighted by Gasteiger charge is -2.31. The minimum absolute atomic E-state index is 0.0381. The van der Waals surface area contributed by atoms with Gasteiger partial charge < -0.3 is 19.7 Å². The molecule has 32 heavy (non-hydrogen) atoms. The molecule has 0 saturated carbocycles. The van der Waals surface area contributed by atoms with Crippen LogP contribution in [0.4, 0.5) is 0 Å². The average Bonchev–Trinajstić information content (AvgIpc) is 3.27. The largest absolute Gasteiger partial charge is 0.492 e. The van der Waals surface area contributed by atoms with E-state index < -0.39 is 0 Å². The van der Waals surface area contributed by atoms with Crippen LogP contribution in [0.25, 0.3) is 0 Å². The highest BCUT2D eigenvalue weighted by Crippen LogP contribution is 2.15. The van der Waals surface area contributed by atoms with Gasteiger partial charge in [0.1, 0.15) is 18.9 Å². The standard InChI is InChI=1S/C22H32N6O4/c1-26(2)21(29)16-28-15-20(24-25-28)22(30)23-14-17-5-4-6-19(13-17)32-12-9-27(3)18-7-10-31-11-8-18/h4-6,13,15,18H,7-12,14,16H2,1-3H3,(H,23,30). The molecule has 2 amide bonds. The van der Waals surface area contributed by atoms with Crippen molar-refractivity contribution >= 4 is 11.8 Å². The maximum absolute atomic E-state index is 12.4. The Labute approximate surface area is 188 Å². The van der Waals surface area contributed by atoms with Crippen LogP contribution in [0, 0.1) is 0 Å². The second-order valence-corrected chi connectivity index (χ2v) is 8.09. The fraction of sp³-hybridized carbons (Fsp3) is 0.545. The van der Waals surface area contributed by atoms with Crippen LogP contribution in [-0.4, -0.2) is 90.2 Å². The summed E-state index contributed by atoms with van der Waals surface area (Å²) in [6, 6.07) is 8.21. The molecule has 1 N–H and O–H groups in total. The van der Waals surface area contributed by atoms with Gasteiger partial charge in [-0.05, 0) is 37.6 Å². The van der Waals surface area contributed by atoms with Gasteiger partial charge in [0.25, 0.3) is 5.91 Å². The predicted octanol–water partition coefficient (Wildman–Crippen LogP) is 0.786. The fourth-order valence-electron chi connectivity index (χ4n) is 3.39. The van der Waals surface area contributed by atoms with E-state index in [2.05, 4.69) is 27.6 Å². The summed E-state index contributed by atoms with van der Waals surface area (Å²) >= 11 is 0. The Kier molecular flexibility index (Phi) is 8.57. The molecule has 10 heteroatoms. The third-order valence-corrected chi connectivity index (χ3v) is 5.45. The summed E-state index contributed by atoms with van der Waals surface area (Å²) < 4.78 is 12.7. The Morgan fingerprint density at radius 3 is 2.78 bits per heavy atom. The van der Waals surface area contributed by atoms with Crippen molar-refractivity contribution in [2.45, 2.75) is 32.0 Å². The van der Waals surface area contributed by atoms with Gasteiger partial charge in [-0.1, -0.05) is 17.3 Å². The van der Waals surface area contributed by atoms with Crippen LogP contribution in [-0.2, 0) is 22.6 Å². The molecule has 1 fully saturated rings. The molecule has 1 aromatic carbocycles. The number of rotatable bonds is 10. The maximum Gasteiger partial charge on any atom is 0.273 e. The summed E-state index contributed by atoms with van der Waals surface area (Å²) in [5, 5.41) is 10.5. The minimum Gasteiger partial charge on any atom is -0.492 e. The molecule has 10 nitrogen and oxygen atoms in total. The molecule has 1 aromatic heterocycles. The second kappa shape index (κ2) is 11.6. The number of carbonyl (C=O) groups excluding carboxylic acids is 2. The van der Waals surface area contributed by atoms with Crippen molar-refractivity contribution in [3.05, 3.63) is 41.7 Å². The van der Waals surface area contributed by atoms with E-state index in [-0.39, 0.29) is 24.1 Å². The van der Waals surface area contributed by atoms with Gasteiger partial charge in [-0.25, -0.2) is 4.68 Å². The van der Waals surface area contributed by atoms with E-state index >= 15 is 0 Å². The van der Waals surface area contributed by atoms with Crippen molar-refractivity contribution in [2.75, 3.05) is 47.5 Å². The van der Waals surface area contributed by atoms with Crippen LogP contribution in [0.1, 0.15) is 28.9 Å². The summed E-state index contributed by atoms with van der Waals surface area (Å²) in [6.07, 6.45) is 3.59. The first-order chi connectivity index (χ1) is 15.4. The number of amides is 2. The van der Waals surface area contributed by atoms with Gasteiger partial charge in [0.15, 0.2) is 5.69 Å². The van der Waals surface area contributed by atoms with Crippen molar-refractivity contribution < 1.29 is 19.1 Å². The lowest BCUT2D eigenvalue weighted by molar-refractivity contribution is -0.129. The van der Waals surface area contributed by atoms with Crippen molar-refractivity contribution in [2.24, 2.45) is 0 Å². The molecule has 0 atom stereocenters. The van der Waals surface area contributed by atoms with Crippen LogP contribution >= 0.6 is 0 Å². The fourth-order valence-corrected chi connectivity index (χ4v) is 3.39. The van der Waals surface area contributed by atoms with Crippen LogP contribution < -0.4 is 10.1 Å². The first-order valence-electron chi connectivity index (χ1n) is 10.8. The molecule has 174 valence electrons. The number of ether oxygens (including phenoxy) is 2. The molecule has 0 spiro atoms. The maximum atomic E-state index is 12.4. The van der Waals surface area contributed by atoms with Crippen molar-refractivity contribution in [3.8, 4) is 5.75 Å².